The number of aromatic nitrogens is 2. The molecule has 2 N–H and O–H groups in total. The van der Waals surface area contributed by atoms with Crippen molar-refractivity contribution in [3.05, 3.63) is 54.9 Å². The van der Waals surface area contributed by atoms with Crippen LogP contribution in [-0.2, 0) is 0 Å². The number of benzene rings is 1. The first-order chi connectivity index (χ1) is 10.6. The minimum absolute atomic E-state index is 0.256. The Kier molecular flexibility index (Phi) is 5.08. The number of nitrogens with zero attached hydrogens (tertiary/aromatic N) is 3. The second-order valence-corrected chi connectivity index (χ2v) is 4.83. The molecule has 1 aromatic heterocycles. The van der Waals surface area contributed by atoms with Gasteiger partial charge in [0.15, 0.2) is 0 Å². The first-order valence-corrected chi connectivity index (χ1v) is 6.86. The number of rotatable bonds is 6. The van der Waals surface area contributed by atoms with Gasteiger partial charge >= 0.3 is 0 Å². The molecule has 0 saturated carbocycles. The van der Waals surface area contributed by atoms with Crippen LogP contribution in [-0.4, -0.2) is 36.5 Å². The van der Waals surface area contributed by atoms with Crippen LogP contribution < -0.4 is 15.5 Å². The molecule has 22 heavy (non-hydrogen) atoms. The zero-order chi connectivity index (χ0) is 15.9. The molecule has 0 radical (unpaired) electrons. The van der Waals surface area contributed by atoms with Crippen molar-refractivity contribution < 1.29 is 4.79 Å². The summed E-state index contributed by atoms with van der Waals surface area (Å²) >= 11 is 0. The molecule has 2 rings (SSSR count). The summed E-state index contributed by atoms with van der Waals surface area (Å²) in [5.74, 6) is 0.122. The third kappa shape index (κ3) is 4.05. The third-order valence-corrected chi connectivity index (χ3v) is 2.94. The van der Waals surface area contributed by atoms with Crippen molar-refractivity contribution in [3.8, 4) is 0 Å². The van der Waals surface area contributed by atoms with E-state index in [1.165, 1.54) is 0 Å². The topological polar surface area (TPSA) is 70.2 Å². The molecule has 1 heterocycles. The molecular formula is C16H19N5O. The fourth-order valence-electron chi connectivity index (χ4n) is 1.77. The van der Waals surface area contributed by atoms with Gasteiger partial charge in [-0.2, -0.15) is 0 Å². The molecule has 1 aromatic carbocycles. The van der Waals surface area contributed by atoms with Gasteiger partial charge in [0.2, 0.25) is 5.95 Å². The fourth-order valence-corrected chi connectivity index (χ4v) is 1.77. The van der Waals surface area contributed by atoms with Gasteiger partial charge in [0.1, 0.15) is 5.69 Å². The van der Waals surface area contributed by atoms with Gasteiger partial charge in [-0.25, -0.2) is 9.97 Å². The highest BCUT2D eigenvalue weighted by Crippen LogP contribution is 2.18. The number of carbonyl (C=O) groups is 1. The van der Waals surface area contributed by atoms with Crippen molar-refractivity contribution in [2.75, 3.05) is 30.9 Å². The monoisotopic (exact) mass is 297 g/mol. The maximum Gasteiger partial charge on any atom is 0.270 e. The van der Waals surface area contributed by atoms with E-state index < -0.39 is 0 Å². The summed E-state index contributed by atoms with van der Waals surface area (Å²) in [7, 11) is 3.97. The van der Waals surface area contributed by atoms with Gasteiger partial charge < -0.3 is 15.5 Å². The van der Waals surface area contributed by atoms with E-state index in [0.717, 1.165) is 11.4 Å². The molecule has 6 nitrogen and oxygen atoms in total. The normalized spacial score (nSPS) is 9.91. The molecule has 0 aliphatic heterocycles. The van der Waals surface area contributed by atoms with E-state index in [1.807, 2.05) is 43.3 Å². The van der Waals surface area contributed by atoms with Gasteiger partial charge in [-0.05, 0) is 30.3 Å². The lowest BCUT2D eigenvalue weighted by Crippen LogP contribution is -2.24. The zero-order valence-electron chi connectivity index (χ0n) is 12.7. The molecule has 0 atom stereocenters. The lowest BCUT2D eigenvalue weighted by atomic mass is 10.2. The highest BCUT2D eigenvalue weighted by Gasteiger charge is 2.07. The van der Waals surface area contributed by atoms with Gasteiger partial charge in [-0.1, -0.05) is 6.08 Å². The second-order valence-electron chi connectivity index (χ2n) is 4.83. The molecule has 0 unspecified atom stereocenters. The Morgan fingerprint density at radius 3 is 2.64 bits per heavy atom. The predicted octanol–water partition coefficient (Wildman–Crippen LogP) is 2.20. The van der Waals surface area contributed by atoms with Crippen LogP contribution in [0.25, 0.3) is 0 Å². The molecule has 0 saturated heterocycles. The van der Waals surface area contributed by atoms with Gasteiger partial charge in [-0.3, -0.25) is 4.79 Å². The van der Waals surface area contributed by atoms with Crippen LogP contribution in [0.3, 0.4) is 0 Å². The summed E-state index contributed by atoms with van der Waals surface area (Å²) in [6.07, 6.45) is 3.16. The van der Waals surface area contributed by atoms with Gasteiger partial charge in [0.25, 0.3) is 5.91 Å². The van der Waals surface area contributed by atoms with Crippen LogP contribution in [0.2, 0.25) is 0 Å². The standard InChI is InChI=1S/C16H19N5O/c1-4-10-17-15(22)14-9-11-18-16(20-14)19-12-5-7-13(8-6-12)21(2)3/h4-9,11H,1,10H2,2-3H3,(H,17,22)(H,18,19,20). The van der Waals surface area contributed by atoms with E-state index in [9.17, 15) is 4.79 Å². The first-order valence-electron chi connectivity index (χ1n) is 6.86. The maximum atomic E-state index is 11.8. The van der Waals surface area contributed by atoms with Crippen LogP contribution >= 0.6 is 0 Å². The molecule has 0 aliphatic carbocycles. The number of anilines is 3. The summed E-state index contributed by atoms with van der Waals surface area (Å²) in [6, 6.07) is 9.41. The van der Waals surface area contributed by atoms with E-state index in [2.05, 4.69) is 27.2 Å². The van der Waals surface area contributed by atoms with Gasteiger partial charge in [-0.15, -0.1) is 6.58 Å². The van der Waals surface area contributed by atoms with Crippen molar-refractivity contribution in [2.24, 2.45) is 0 Å². The molecule has 0 aliphatic rings. The molecule has 0 fully saturated rings. The largest absolute Gasteiger partial charge is 0.378 e. The Bertz CT molecular complexity index is 652. The number of nitrogens with one attached hydrogen (secondary N) is 2. The lowest BCUT2D eigenvalue weighted by Gasteiger charge is -2.13. The third-order valence-electron chi connectivity index (χ3n) is 2.94. The Labute approximate surface area is 129 Å². The molecule has 1 amide bonds. The minimum Gasteiger partial charge on any atom is -0.378 e. The highest BCUT2D eigenvalue weighted by molar-refractivity contribution is 5.92. The summed E-state index contributed by atoms with van der Waals surface area (Å²) in [5.41, 5.74) is 2.27. The van der Waals surface area contributed by atoms with Crippen LogP contribution in [0.5, 0.6) is 0 Å². The zero-order valence-corrected chi connectivity index (χ0v) is 12.7. The SMILES string of the molecule is C=CCNC(=O)c1ccnc(Nc2ccc(N(C)C)cc2)n1. The average Bonchev–Trinajstić information content (AvgIpc) is 2.53. The highest BCUT2D eigenvalue weighted by atomic mass is 16.1. The second kappa shape index (κ2) is 7.21. The van der Waals surface area contributed by atoms with Gasteiger partial charge in [0, 0.05) is 38.2 Å². The van der Waals surface area contributed by atoms with Crippen LogP contribution in [0.4, 0.5) is 17.3 Å². The number of hydrogen-bond donors (Lipinski definition) is 2. The molecule has 0 spiro atoms. The summed E-state index contributed by atoms with van der Waals surface area (Å²) in [4.78, 5) is 22.2. The Morgan fingerprint density at radius 1 is 1.27 bits per heavy atom. The summed E-state index contributed by atoms with van der Waals surface area (Å²) in [6.45, 7) is 3.96. The molecular weight excluding hydrogens is 278 g/mol. The molecule has 114 valence electrons. The van der Waals surface area contributed by atoms with Crippen molar-refractivity contribution in [1.29, 1.82) is 0 Å². The molecule has 2 aromatic rings. The fraction of sp³-hybridized carbons (Fsp3) is 0.188. The minimum atomic E-state index is -0.256. The summed E-state index contributed by atoms with van der Waals surface area (Å²) < 4.78 is 0. The Balaban J connectivity index is 2.09. The Hall–Kier alpha value is -2.89. The quantitative estimate of drug-likeness (QED) is 0.800. The lowest BCUT2D eigenvalue weighted by molar-refractivity contribution is 0.0953. The number of amides is 1. The maximum absolute atomic E-state index is 11.8. The van der Waals surface area contributed by atoms with Crippen molar-refractivity contribution >= 4 is 23.2 Å². The van der Waals surface area contributed by atoms with E-state index in [-0.39, 0.29) is 5.91 Å². The van der Waals surface area contributed by atoms with E-state index >= 15 is 0 Å². The smallest absolute Gasteiger partial charge is 0.270 e. The van der Waals surface area contributed by atoms with Crippen LogP contribution in [0.15, 0.2) is 49.2 Å². The van der Waals surface area contributed by atoms with Crippen molar-refractivity contribution in [1.82, 2.24) is 15.3 Å². The van der Waals surface area contributed by atoms with E-state index in [4.69, 9.17) is 0 Å². The van der Waals surface area contributed by atoms with Gasteiger partial charge in [0.05, 0.1) is 0 Å². The van der Waals surface area contributed by atoms with E-state index in [1.54, 1.807) is 18.3 Å². The van der Waals surface area contributed by atoms with E-state index in [0.29, 0.717) is 18.2 Å². The van der Waals surface area contributed by atoms with Crippen LogP contribution in [0, 0.1) is 0 Å². The Morgan fingerprint density at radius 2 is 2.00 bits per heavy atom. The summed E-state index contributed by atoms with van der Waals surface area (Å²) in [5, 5.41) is 5.76. The number of hydrogen-bond acceptors (Lipinski definition) is 5. The predicted molar refractivity (Wildman–Crippen MR) is 88.6 cm³/mol. The average molecular weight is 297 g/mol. The van der Waals surface area contributed by atoms with Crippen LogP contribution in [0.1, 0.15) is 10.5 Å². The number of carbonyl (C=O) groups excluding carboxylic acids is 1. The first kappa shape index (κ1) is 15.5. The molecule has 0 bridgehead atoms. The van der Waals surface area contributed by atoms with Crippen molar-refractivity contribution in [3.63, 3.8) is 0 Å². The van der Waals surface area contributed by atoms with Crippen molar-refractivity contribution in [2.45, 2.75) is 0 Å². The molecule has 6 heteroatoms.